The Balaban J connectivity index is 2.24. The summed E-state index contributed by atoms with van der Waals surface area (Å²) in [6.45, 7) is 4.53. The molecule has 0 radical (unpaired) electrons. The molecule has 1 aromatic heterocycles. The fourth-order valence-corrected chi connectivity index (χ4v) is 4.19. The molecule has 1 fully saturated rings. The average Bonchev–Trinajstić information content (AvgIpc) is 3.10. The number of nitrogens with zero attached hydrogens (tertiary/aromatic N) is 1. The van der Waals surface area contributed by atoms with Gasteiger partial charge in [0.25, 0.3) is 5.91 Å². The van der Waals surface area contributed by atoms with Crippen LogP contribution in [0, 0.1) is 0 Å². The highest BCUT2D eigenvalue weighted by Crippen LogP contribution is 2.29. The molecule has 0 aliphatic carbocycles. The number of carboxylic acids is 1. The number of carbonyl (C=O) groups is 2. The number of carboxylic acid groups (broad SMARTS) is 1. The molecule has 1 aliphatic heterocycles. The number of hydrogen-bond acceptors (Lipinski definition) is 4. The lowest BCUT2D eigenvalue weighted by molar-refractivity contribution is -0.141. The summed E-state index contributed by atoms with van der Waals surface area (Å²) in [7, 11) is 1.55. The van der Waals surface area contributed by atoms with Gasteiger partial charge in [-0.15, -0.1) is 11.3 Å². The van der Waals surface area contributed by atoms with Crippen LogP contribution in [0.5, 0.6) is 0 Å². The third kappa shape index (κ3) is 3.33. The standard InChI is InChI=1S/C16H23NO4S/c1-4-6-13-10(5-2)7-14(22-13)15(18)17-9-11(21-3)8-12(17)16(19)20/h7,11-12H,4-6,8-9H2,1-3H3,(H,19,20). The molecule has 122 valence electrons. The molecule has 1 saturated heterocycles. The van der Waals surface area contributed by atoms with Crippen molar-refractivity contribution in [1.29, 1.82) is 0 Å². The molecule has 0 bridgehead atoms. The number of aliphatic carboxylic acids is 1. The van der Waals surface area contributed by atoms with E-state index in [0.29, 0.717) is 17.8 Å². The topological polar surface area (TPSA) is 66.8 Å². The lowest BCUT2D eigenvalue weighted by atomic mass is 10.1. The monoisotopic (exact) mass is 325 g/mol. The molecule has 2 unspecified atom stereocenters. The Bertz CT molecular complexity index is 554. The lowest BCUT2D eigenvalue weighted by Gasteiger charge is -2.20. The second-order valence-corrected chi connectivity index (χ2v) is 6.70. The number of hydrogen-bond donors (Lipinski definition) is 1. The summed E-state index contributed by atoms with van der Waals surface area (Å²) in [5.41, 5.74) is 1.20. The van der Waals surface area contributed by atoms with Crippen molar-refractivity contribution in [2.45, 2.75) is 51.7 Å². The molecule has 2 rings (SSSR count). The van der Waals surface area contributed by atoms with E-state index in [4.69, 9.17) is 4.74 Å². The van der Waals surface area contributed by atoms with Crippen LogP contribution in [0.25, 0.3) is 0 Å². The number of amides is 1. The van der Waals surface area contributed by atoms with Gasteiger partial charge >= 0.3 is 5.97 Å². The van der Waals surface area contributed by atoms with Crippen LogP contribution < -0.4 is 0 Å². The molecule has 0 aromatic carbocycles. The van der Waals surface area contributed by atoms with Crippen molar-refractivity contribution in [3.05, 3.63) is 21.4 Å². The van der Waals surface area contributed by atoms with Crippen molar-refractivity contribution in [3.8, 4) is 0 Å². The van der Waals surface area contributed by atoms with Crippen LogP contribution in [0.4, 0.5) is 0 Å². The minimum Gasteiger partial charge on any atom is -0.480 e. The maximum Gasteiger partial charge on any atom is 0.326 e. The molecule has 0 saturated carbocycles. The highest BCUT2D eigenvalue weighted by molar-refractivity contribution is 7.14. The van der Waals surface area contributed by atoms with Gasteiger partial charge in [-0.3, -0.25) is 4.79 Å². The van der Waals surface area contributed by atoms with Crippen LogP contribution in [0.3, 0.4) is 0 Å². The van der Waals surface area contributed by atoms with Gasteiger partial charge in [0.15, 0.2) is 0 Å². The van der Waals surface area contributed by atoms with E-state index in [-0.39, 0.29) is 12.0 Å². The Morgan fingerprint density at radius 3 is 2.73 bits per heavy atom. The quantitative estimate of drug-likeness (QED) is 0.873. The zero-order valence-corrected chi connectivity index (χ0v) is 14.1. The van der Waals surface area contributed by atoms with E-state index >= 15 is 0 Å². The molecular formula is C16H23NO4S. The fourth-order valence-electron chi connectivity index (χ4n) is 2.88. The van der Waals surface area contributed by atoms with Gasteiger partial charge in [-0.05, 0) is 24.5 Å². The number of methoxy groups -OCH3 is 1. The Morgan fingerprint density at radius 1 is 1.45 bits per heavy atom. The first kappa shape index (κ1) is 17.0. The minimum absolute atomic E-state index is 0.186. The van der Waals surface area contributed by atoms with Gasteiger partial charge in [-0.25, -0.2) is 4.79 Å². The van der Waals surface area contributed by atoms with Crippen molar-refractivity contribution >= 4 is 23.2 Å². The maximum absolute atomic E-state index is 12.7. The van der Waals surface area contributed by atoms with Gasteiger partial charge in [-0.2, -0.15) is 0 Å². The van der Waals surface area contributed by atoms with Crippen LogP contribution in [-0.2, 0) is 22.4 Å². The van der Waals surface area contributed by atoms with Crippen LogP contribution in [0.1, 0.15) is 46.8 Å². The third-order valence-electron chi connectivity index (χ3n) is 4.11. The smallest absolute Gasteiger partial charge is 0.326 e. The Hall–Kier alpha value is -1.40. The van der Waals surface area contributed by atoms with Gasteiger partial charge in [-0.1, -0.05) is 20.3 Å². The number of likely N-dealkylation sites (tertiary alicyclic amines) is 1. The molecular weight excluding hydrogens is 302 g/mol. The molecule has 1 aromatic rings. The third-order valence-corrected chi connectivity index (χ3v) is 5.33. The zero-order chi connectivity index (χ0) is 16.3. The number of ether oxygens (including phenoxy) is 1. The summed E-state index contributed by atoms with van der Waals surface area (Å²) >= 11 is 1.50. The predicted molar refractivity (Wildman–Crippen MR) is 85.6 cm³/mol. The Labute approximate surface area is 134 Å². The first-order chi connectivity index (χ1) is 10.5. The van der Waals surface area contributed by atoms with Crippen LogP contribution >= 0.6 is 11.3 Å². The largest absolute Gasteiger partial charge is 0.480 e. The van der Waals surface area contributed by atoms with E-state index < -0.39 is 12.0 Å². The number of rotatable bonds is 6. The van der Waals surface area contributed by atoms with Gasteiger partial charge in [0.05, 0.1) is 11.0 Å². The molecule has 1 N–H and O–H groups in total. The molecule has 1 amide bonds. The van der Waals surface area contributed by atoms with E-state index in [2.05, 4.69) is 13.8 Å². The van der Waals surface area contributed by atoms with Crippen LogP contribution in [0.15, 0.2) is 6.07 Å². The van der Waals surface area contributed by atoms with Crippen molar-refractivity contribution in [1.82, 2.24) is 4.90 Å². The van der Waals surface area contributed by atoms with Crippen LogP contribution in [0.2, 0.25) is 0 Å². The van der Waals surface area contributed by atoms with E-state index in [9.17, 15) is 14.7 Å². The molecule has 22 heavy (non-hydrogen) atoms. The minimum atomic E-state index is -0.964. The van der Waals surface area contributed by atoms with Crippen molar-refractivity contribution in [2.75, 3.05) is 13.7 Å². The second-order valence-electron chi connectivity index (χ2n) is 5.57. The number of carbonyl (C=O) groups excluding carboxylic acids is 1. The van der Waals surface area contributed by atoms with E-state index in [1.54, 1.807) is 7.11 Å². The Morgan fingerprint density at radius 2 is 2.18 bits per heavy atom. The van der Waals surface area contributed by atoms with E-state index in [1.165, 1.54) is 26.7 Å². The number of thiophene rings is 1. The molecule has 1 aliphatic rings. The van der Waals surface area contributed by atoms with Gasteiger partial charge in [0, 0.05) is 25.0 Å². The molecule has 6 heteroatoms. The molecule has 2 atom stereocenters. The molecule has 5 nitrogen and oxygen atoms in total. The van der Waals surface area contributed by atoms with Crippen LogP contribution in [-0.4, -0.2) is 47.7 Å². The average molecular weight is 325 g/mol. The fraction of sp³-hybridized carbons (Fsp3) is 0.625. The van der Waals surface area contributed by atoms with Gasteiger partial charge in [0.2, 0.25) is 0 Å². The Kier molecular flexibility index (Phi) is 5.58. The second kappa shape index (κ2) is 7.24. The SMILES string of the molecule is CCCc1sc(C(=O)N2CC(OC)CC2C(=O)O)cc1CC. The van der Waals surface area contributed by atoms with Crippen molar-refractivity contribution in [3.63, 3.8) is 0 Å². The first-order valence-electron chi connectivity index (χ1n) is 7.69. The number of aryl methyl sites for hydroxylation is 2. The normalized spacial score (nSPS) is 21.3. The zero-order valence-electron chi connectivity index (χ0n) is 13.3. The summed E-state index contributed by atoms with van der Waals surface area (Å²) < 4.78 is 5.24. The highest BCUT2D eigenvalue weighted by atomic mass is 32.1. The lowest BCUT2D eigenvalue weighted by Crippen LogP contribution is -2.40. The summed E-state index contributed by atoms with van der Waals surface area (Å²) in [5, 5.41) is 9.34. The van der Waals surface area contributed by atoms with Gasteiger partial charge < -0.3 is 14.7 Å². The highest BCUT2D eigenvalue weighted by Gasteiger charge is 2.40. The summed E-state index contributed by atoms with van der Waals surface area (Å²) in [6, 6.07) is 1.14. The van der Waals surface area contributed by atoms with E-state index in [0.717, 1.165) is 19.3 Å². The van der Waals surface area contributed by atoms with Crippen molar-refractivity contribution < 1.29 is 19.4 Å². The summed E-state index contributed by atoms with van der Waals surface area (Å²) in [4.78, 5) is 27.4. The molecule has 2 heterocycles. The maximum atomic E-state index is 12.7. The van der Waals surface area contributed by atoms with Crippen molar-refractivity contribution in [2.24, 2.45) is 0 Å². The van der Waals surface area contributed by atoms with Gasteiger partial charge in [0.1, 0.15) is 6.04 Å². The molecule has 0 spiro atoms. The summed E-state index contributed by atoms with van der Waals surface area (Å²) in [6.07, 6.45) is 3.04. The predicted octanol–water partition coefficient (Wildman–Crippen LogP) is 2.58. The first-order valence-corrected chi connectivity index (χ1v) is 8.51. The summed E-state index contributed by atoms with van der Waals surface area (Å²) in [5.74, 6) is -1.15. The van der Waals surface area contributed by atoms with E-state index in [1.807, 2.05) is 6.07 Å².